The molecule has 4 heteroatoms. The van der Waals surface area contributed by atoms with Crippen LogP contribution in [0.25, 0.3) is 21.8 Å². The number of fused-ring (bicyclic) bond motifs is 2. The van der Waals surface area contributed by atoms with E-state index in [0.29, 0.717) is 0 Å². The van der Waals surface area contributed by atoms with Crippen molar-refractivity contribution in [2.75, 3.05) is 23.7 Å². The van der Waals surface area contributed by atoms with Crippen molar-refractivity contribution in [3.05, 3.63) is 167 Å². The van der Waals surface area contributed by atoms with Crippen LogP contribution in [0.1, 0.15) is 33.4 Å². The van der Waals surface area contributed by atoms with Crippen LogP contribution in [0, 0.1) is 0 Å². The molecular weight excluding hydrogens is 536 g/mol. The van der Waals surface area contributed by atoms with Crippen molar-refractivity contribution in [2.24, 2.45) is 0 Å². The first-order valence-corrected chi connectivity index (χ1v) is 15.6. The molecule has 0 saturated heterocycles. The van der Waals surface area contributed by atoms with E-state index in [1.165, 1.54) is 66.6 Å². The molecule has 218 valence electrons. The monoisotopic (exact) mass is 574 g/mol. The predicted molar refractivity (Wildman–Crippen MR) is 186 cm³/mol. The molecule has 4 N–H and O–H groups in total. The number of hydrogen-bond donors (Lipinski definition) is 4. The number of aromatic amines is 2. The first-order chi connectivity index (χ1) is 21.8. The number of hydrogen-bond acceptors (Lipinski definition) is 2. The van der Waals surface area contributed by atoms with Crippen LogP contribution >= 0.6 is 0 Å². The Kier molecular flexibility index (Phi) is 8.13. The zero-order valence-electron chi connectivity index (χ0n) is 24.9. The van der Waals surface area contributed by atoms with Gasteiger partial charge in [0, 0.05) is 58.7 Å². The minimum absolute atomic E-state index is 0.892. The fraction of sp³-hybridized carbons (Fsp3) is 0.150. The third-order valence-electron chi connectivity index (χ3n) is 8.58. The third kappa shape index (κ3) is 6.25. The summed E-state index contributed by atoms with van der Waals surface area (Å²) in [5.41, 5.74) is 12.8. The molecule has 0 aliphatic carbocycles. The molecule has 0 bridgehead atoms. The van der Waals surface area contributed by atoms with Gasteiger partial charge in [-0.3, -0.25) is 0 Å². The van der Waals surface area contributed by atoms with Gasteiger partial charge in [-0.05, 0) is 83.3 Å². The summed E-state index contributed by atoms with van der Waals surface area (Å²) in [5, 5.41) is 10.0. The summed E-state index contributed by atoms with van der Waals surface area (Å²) in [6.45, 7) is 1.78. The maximum atomic E-state index is 3.71. The van der Waals surface area contributed by atoms with E-state index in [-0.39, 0.29) is 0 Å². The lowest BCUT2D eigenvalue weighted by atomic mass is 9.97. The van der Waals surface area contributed by atoms with Gasteiger partial charge in [-0.2, -0.15) is 0 Å². The Bertz CT molecular complexity index is 1860. The SMILES string of the molecule is c1cc(Cc2ccccc2NCCc2c[nH]c3ccccc23)cc(Cc2ccccc2NCCc2c[nH]c3ccccc23)c1. The molecule has 44 heavy (non-hydrogen) atoms. The number of nitrogens with one attached hydrogen (secondary N) is 4. The Morgan fingerprint density at radius 1 is 0.432 bits per heavy atom. The van der Waals surface area contributed by atoms with Crippen LogP contribution in [-0.2, 0) is 25.7 Å². The van der Waals surface area contributed by atoms with Gasteiger partial charge in [0.05, 0.1) is 0 Å². The molecule has 0 amide bonds. The largest absolute Gasteiger partial charge is 0.384 e. The lowest BCUT2D eigenvalue weighted by Crippen LogP contribution is -2.07. The zero-order chi connectivity index (χ0) is 29.6. The molecule has 0 unspecified atom stereocenters. The summed E-state index contributed by atoms with van der Waals surface area (Å²) in [7, 11) is 0. The van der Waals surface area contributed by atoms with E-state index in [4.69, 9.17) is 0 Å². The normalized spacial score (nSPS) is 11.3. The molecule has 4 nitrogen and oxygen atoms in total. The fourth-order valence-corrected chi connectivity index (χ4v) is 6.32. The quantitative estimate of drug-likeness (QED) is 0.118. The summed E-state index contributed by atoms with van der Waals surface area (Å²) in [6.07, 6.45) is 8.03. The van der Waals surface area contributed by atoms with E-state index in [0.717, 1.165) is 38.8 Å². The molecule has 7 rings (SSSR count). The summed E-state index contributed by atoms with van der Waals surface area (Å²) in [6, 6.07) is 43.5. The molecule has 0 aliphatic heterocycles. The second-order valence-corrected chi connectivity index (χ2v) is 11.6. The number of aromatic nitrogens is 2. The minimum Gasteiger partial charge on any atom is -0.384 e. The van der Waals surface area contributed by atoms with Gasteiger partial charge in [0.1, 0.15) is 0 Å². The Hall–Kier alpha value is -5.22. The van der Waals surface area contributed by atoms with Gasteiger partial charge >= 0.3 is 0 Å². The van der Waals surface area contributed by atoms with Crippen LogP contribution in [-0.4, -0.2) is 23.1 Å². The van der Waals surface area contributed by atoms with Crippen LogP contribution in [0.4, 0.5) is 11.4 Å². The molecule has 0 radical (unpaired) electrons. The van der Waals surface area contributed by atoms with Gasteiger partial charge in [0.25, 0.3) is 0 Å². The standard InChI is InChI=1S/C40H38N4/c1-5-16-37(41-22-20-33-27-43-39-18-7-3-14-35(33)39)31(12-1)25-29-10-9-11-30(24-29)26-32-13-2-6-17-38(32)42-23-21-34-28-44-40-19-8-4-15-36(34)40/h1-19,24,27-28,41-44H,20-23,25-26H2. The summed E-state index contributed by atoms with van der Waals surface area (Å²) >= 11 is 0. The number of anilines is 2. The van der Waals surface area contributed by atoms with Crippen molar-refractivity contribution in [2.45, 2.75) is 25.7 Å². The van der Waals surface area contributed by atoms with E-state index in [1.54, 1.807) is 0 Å². The summed E-state index contributed by atoms with van der Waals surface area (Å²) in [4.78, 5) is 6.79. The third-order valence-corrected chi connectivity index (χ3v) is 8.58. The molecule has 5 aromatic carbocycles. The molecule has 0 saturated carbocycles. The second kappa shape index (κ2) is 13.0. The Morgan fingerprint density at radius 2 is 0.886 bits per heavy atom. The van der Waals surface area contributed by atoms with Crippen molar-refractivity contribution >= 4 is 33.2 Å². The molecule has 7 aromatic rings. The lowest BCUT2D eigenvalue weighted by molar-refractivity contribution is 1.02. The van der Waals surface area contributed by atoms with E-state index >= 15 is 0 Å². The van der Waals surface area contributed by atoms with Crippen molar-refractivity contribution in [1.82, 2.24) is 9.97 Å². The van der Waals surface area contributed by atoms with Crippen molar-refractivity contribution in [3.63, 3.8) is 0 Å². The Morgan fingerprint density at radius 3 is 1.41 bits per heavy atom. The highest BCUT2D eigenvalue weighted by Crippen LogP contribution is 2.24. The van der Waals surface area contributed by atoms with Gasteiger partial charge in [-0.15, -0.1) is 0 Å². The lowest BCUT2D eigenvalue weighted by Gasteiger charge is -2.14. The van der Waals surface area contributed by atoms with Crippen molar-refractivity contribution < 1.29 is 0 Å². The fourth-order valence-electron chi connectivity index (χ4n) is 6.32. The molecular formula is C40H38N4. The highest BCUT2D eigenvalue weighted by atomic mass is 14.9. The van der Waals surface area contributed by atoms with Crippen LogP contribution in [0.2, 0.25) is 0 Å². The maximum absolute atomic E-state index is 3.71. The van der Waals surface area contributed by atoms with Crippen LogP contribution in [0.5, 0.6) is 0 Å². The zero-order valence-corrected chi connectivity index (χ0v) is 24.9. The van der Waals surface area contributed by atoms with E-state index in [1.807, 2.05) is 0 Å². The van der Waals surface area contributed by atoms with Gasteiger partial charge in [0.15, 0.2) is 0 Å². The van der Waals surface area contributed by atoms with Gasteiger partial charge in [-0.1, -0.05) is 97.1 Å². The Balaban J connectivity index is 0.989. The predicted octanol–water partition coefficient (Wildman–Crippen LogP) is 9.14. The van der Waals surface area contributed by atoms with Crippen LogP contribution < -0.4 is 10.6 Å². The first-order valence-electron chi connectivity index (χ1n) is 15.6. The van der Waals surface area contributed by atoms with Crippen molar-refractivity contribution in [3.8, 4) is 0 Å². The minimum atomic E-state index is 0.892. The first kappa shape index (κ1) is 27.6. The molecule has 0 aliphatic rings. The van der Waals surface area contributed by atoms with E-state index in [2.05, 4.69) is 154 Å². The van der Waals surface area contributed by atoms with E-state index < -0.39 is 0 Å². The number of H-pyrrole nitrogens is 2. The average Bonchev–Trinajstić information content (AvgIpc) is 3.67. The van der Waals surface area contributed by atoms with E-state index in [9.17, 15) is 0 Å². The number of rotatable bonds is 12. The van der Waals surface area contributed by atoms with Crippen LogP contribution in [0.3, 0.4) is 0 Å². The molecule has 2 heterocycles. The average molecular weight is 575 g/mol. The smallest absolute Gasteiger partial charge is 0.0456 e. The summed E-state index contributed by atoms with van der Waals surface area (Å²) < 4.78 is 0. The topological polar surface area (TPSA) is 55.6 Å². The maximum Gasteiger partial charge on any atom is 0.0456 e. The highest BCUT2D eigenvalue weighted by molar-refractivity contribution is 5.83. The number of para-hydroxylation sites is 4. The van der Waals surface area contributed by atoms with Crippen LogP contribution in [0.15, 0.2) is 134 Å². The van der Waals surface area contributed by atoms with Gasteiger partial charge < -0.3 is 20.6 Å². The molecule has 0 fully saturated rings. The highest BCUT2D eigenvalue weighted by Gasteiger charge is 2.09. The second-order valence-electron chi connectivity index (χ2n) is 11.6. The van der Waals surface area contributed by atoms with Gasteiger partial charge in [0.2, 0.25) is 0 Å². The summed E-state index contributed by atoms with van der Waals surface area (Å²) in [5.74, 6) is 0. The van der Waals surface area contributed by atoms with Gasteiger partial charge in [-0.25, -0.2) is 0 Å². The molecule has 2 aromatic heterocycles. The van der Waals surface area contributed by atoms with Crippen molar-refractivity contribution in [1.29, 1.82) is 0 Å². The Labute approximate surface area is 259 Å². The number of benzene rings is 5. The molecule has 0 spiro atoms. The molecule has 0 atom stereocenters.